The number of H-pyrrole nitrogens is 1. The van der Waals surface area contributed by atoms with Crippen molar-refractivity contribution in [3.8, 4) is 5.75 Å². The number of carbonyl (C=O) groups is 1. The second kappa shape index (κ2) is 10.3. The number of benzene rings is 3. The van der Waals surface area contributed by atoms with E-state index < -0.39 is 0 Å². The van der Waals surface area contributed by atoms with Gasteiger partial charge in [0, 0.05) is 17.1 Å². The molecule has 6 nitrogen and oxygen atoms in total. The topological polar surface area (TPSA) is 75.3 Å². The second-order valence-electron chi connectivity index (χ2n) is 7.70. The van der Waals surface area contributed by atoms with Gasteiger partial charge in [-0.3, -0.25) is 9.59 Å². The number of fused-ring (bicyclic) bond motifs is 1. The van der Waals surface area contributed by atoms with Crippen LogP contribution >= 0.6 is 11.6 Å². The Morgan fingerprint density at radius 2 is 1.88 bits per heavy atom. The quantitative estimate of drug-likeness (QED) is 0.391. The fourth-order valence-electron chi connectivity index (χ4n) is 3.58. The van der Waals surface area contributed by atoms with E-state index in [2.05, 4.69) is 9.97 Å². The lowest BCUT2D eigenvalue weighted by Gasteiger charge is -2.22. The van der Waals surface area contributed by atoms with Crippen LogP contribution in [0, 0.1) is 0 Å². The van der Waals surface area contributed by atoms with Crippen molar-refractivity contribution in [1.29, 1.82) is 0 Å². The van der Waals surface area contributed by atoms with E-state index in [-0.39, 0.29) is 18.0 Å². The molecule has 0 aliphatic heterocycles. The van der Waals surface area contributed by atoms with Crippen molar-refractivity contribution in [1.82, 2.24) is 14.9 Å². The van der Waals surface area contributed by atoms with Gasteiger partial charge in [0.2, 0.25) is 0 Å². The fourth-order valence-corrected chi connectivity index (χ4v) is 3.75. The third-order valence-electron chi connectivity index (χ3n) is 5.17. The van der Waals surface area contributed by atoms with Crippen molar-refractivity contribution < 1.29 is 9.53 Å². The van der Waals surface area contributed by atoms with Gasteiger partial charge in [0.1, 0.15) is 18.2 Å². The highest BCUT2D eigenvalue weighted by molar-refractivity contribution is 6.31. The minimum Gasteiger partial charge on any atom is -0.489 e. The predicted molar refractivity (Wildman–Crippen MR) is 130 cm³/mol. The van der Waals surface area contributed by atoms with E-state index >= 15 is 0 Å². The summed E-state index contributed by atoms with van der Waals surface area (Å²) in [5.41, 5.74) is 1.81. The molecule has 1 aromatic heterocycles. The van der Waals surface area contributed by atoms with Crippen molar-refractivity contribution in [2.45, 2.75) is 26.5 Å². The summed E-state index contributed by atoms with van der Waals surface area (Å²) in [7, 11) is 0. The van der Waals surface area contributed by atoms with Crippen LogP contribution in [0.1, 0.15) is 35.1 Å². The van der Waals surface area contributed by atoms with Crippen LogP contribution in [0.2, 0.25) is 5.02 Å². The largest absolute Gasteiger partial charge is 0.489 e. The molecule has 1 heterocycles. The van der Waals surface area contributed by atoms with Crippen molar-refractivity contribution in [3.05, 3.63) is 105 Å². The molecule has 0 fully saturated rings. The normalized spacial score (nSPS) is 10.8. The van der Waals surface area contributed by atoms with E-state index in [0.717, 1.165) is 12.0 Å². The summed E-state index contributed by atoms with van der Waals surface area (Å²) in [6.45, 7) is 3.11. The molecule has 0 saturated heterocycles. The number of amides is 1. The third-order valence-corrected chi connectivity index (χ3v) is 5.40. The number of aromatic nitrogens is 2. The average Bonchev–Trinajstić information content (AvgIpc) is 2.82. The van der Waals surface area contributed by atoms with E-state index in [1.165, 1.54) is 0 Å². The predicted octanol–water partition coefficient (Wildman–Crippen LogP) is 5.21. The Hall–Kier alpha value is -3.64. The molecule has 0 atom stereocenters. The first kappa shape index (κ1) is 22.6. The van der Waals surface area contributed by atoms with Crippen molar-refractivity contribution in [2.24, 2.45) is 0 Å². The van der Waals surface area contributed by atoms with Gasteiger partial charge in [0.15, 0.2) is 0 Å². The van der Waals surface area contributed by atoms with Gasteiger partial charge in [0.05, 0.1) is 17.4 Å². The van der Waals surface area contributed by atoms with Crippen LogP contribution in [0.3, 0.4) is 0 Å². The smallest absolute Gasteiger partial charge is 0.258 e. The molecule has 0 aliphatic rings. The molecule has 0 bridgehead atoms. The van der Waals surface area contributed by atoms with Gasteiger partial charge < -0.3 is 14.6 Å². The molecular weight excluding hydrogens is 438 g/mol. The first-order chi connectivity index (χ1) is 16.0. The molecule has 1 amide bonds. The van der Waals surface area contributed by atoms with Gasteiger partial charge in [-0.25, -0.2) is 4.98 Å². The Morgan fingerprint density at radius 3 is 2.67 bits per heavy atom. The van der Waals surface area contributed by atoms with E-state index in [9.17, 15) is 9.59 Å². The lowest BCUT2D eigenvalue weighted by molar-refractivity contribution is 0.0738. The first-order valence-electron chi connectivity index (χ1n) is 10.8. The van der Waals surface area contributed by atoms with Crippen molar-refractivity contribution in [3.63, 3.8) is 0 Å². The summed E-state index contributed by atoms with van der Waals surface area (Å²) in [5, 5.41) is 0.958. The average molecular weight is 462 g/mol. The Kier molecular flexibility index (Phi) is 7.05. The van der Waals surface area contributed by atoms with Gasteiger partial charge in [-0.2, -0.15) is 0 Å². The van der Waals surface area contributed by atoms with Crippen molar-refractivity contribution in [2.75, 3.05) is 6.54 Å². The molecule has 33 heavy (non-hydrogen) atoms. The maximum atomic E-state index is 13.3. The standard InChI is InChI=1S/C26H24ClN3O3/c1-2-13-30(16-24-28-23-15-20(27)11-12-22(23)25(31)29-24)26(32)19-9-6-10-21(14-19)33-17-18-7-4-3-5-8-18/h3-12,14-15H,2,13,16-17H2,1H3,(H,28,29,31). The Morgan fingerprint density at radius 1 is 1.06 bits per heavy atom. The number of aromatic amines is 1. The molecule has 168 valence electrons. The Labute approximate surface area is 196 Å². The maximum absolute atomic E-state index is 13.3. The highest BCUT2D eigenvalue weighted by Gasteiger charge is 2.18. The minimum atomic E-state index is -0.258. The highest BCUT2D eigenvalue weighted by atomic mass is 35.5. The number of hydrogen-bond donors (Lipinski definition) is 1. The molecule has 0 unspecified atom stereocenters. The van der Waals surface area contributed by atoms with Crippen LogP contribution in [0.25, 0.3) is 10.9 Å². The summed E-state index contributed by atoms with van der Waals surface area (Å²) in [6.07, 6.45) is 0.763. The molecule has 0 aliphatic carbocycles. The van der Waals surface area contributed by atoms with Gasteiger partial charge in [-0.15, -0.1) is 0 Å². The number of nitrogens with zero attached hydrogens (tertiary/aromatic N) is 2. The van der Waals surface area contributed by atoms with Crippen LogP contribution < -0.4 is 10.3 Å². The van der Waals surface area contributed by atoms with Gasteiger partial charge >= 0.3 is 0 Å². The van der Waals surface area contributed by atoms with Crippen LogP contribution in [0.5, 0.6) is 5.75 Å². The van der Waals surface area contributed by atoms with E-state index in [1.54, 1.807) is 41.3 Å². The highest BCUT2D eigenvalue weighted by Crippen LogP contribution is 2.19. The SMILES string of the molecule is CCCN(Cc1nc2cc(Cl)ccc2c(=O)[nH]1)C(=O)c1cccc(OCc2ccccc2)c1. The molecule has 0 spiro atoms. The number of hydrogen-bond acceptors (Lipinski definition) is 4. The van der Waals surface area contributed by atoms with Crippen LogP contribution in [0.15, 0.2) is 77.6 Å². The summed E-state index contributed by atoms with van der Waals surface area (Å²) >= 11 is 6.06. The molecule has 4 rings (SSSR count). The maximum Gasteiger partial charge on any atom is 0.258 e. The number of ether oxygens (including phenoxy) is 1. The monoisotopic (exact) mass is 461 g/mol. The molecule has 0 radical (unpaired) electrons. The number of halogens is 1. The zero-order chi connectivity index (χ0) is 23.2. The zero-order valence-corrected chi connectivity index (χ0v) is 19.0. The molecule has 4 aromatic rings. The van der Waals surface area contributed by atoms with Gasteiger partial charge in [-0.05, 0) is 48.4 Å². The Balaban J connectivity index is 1.54. The summed E-state index contributed by atoms with van der Waals surface area (Å²) in [5.74, 6) is 0.872. The number of rotatable bonds is 8. The summed E-state index contributed by atoms with van der Waals surface area (Å²) in [6, 6.07) is 21.9. The molecule has 7 heteroatoms. The summed E-state index contributed by atoms with van der Waals surface area (Å²) in [4.78, 5) is 34.7. The molecule has 0 saturated carbocycles. The van der Waals surface area contributed by atoms with E-state index in [1.807, 2.05) is 43.3 Å². The van der Waals surface area contributed by atoms with E-state index in [0.29, 0.717) is 46.2 Å². The van der Waals surface area contributed by atoms with Crippen molar-refractivity contribution >= 4 is 28.4 Å². The number of carbonyl (C=O) groups excluding carboxylic acids is 1. The van der Waals surface area contributed by atoms with E-state index in [4.69, 9.17) is 16.3 Å². The second-order valence-corrected chi connectivity index (χ2v) is 8.14. The summed E-state index contributed by atoms with van der Waals surface area (Å²) < 4.78 is 5.87. The lowest BCUT2D eigenvalue weighted by Crippen LogP contribution is -2.32. The first-order valence-corrected chi connectivity index (χ1v) is 11.2. The van der Waals surface area contributed by atoms with Gasteiger partial charge in [0.25, 0.3) is 11.5 Å². The lowest BCUT2D eigenvalue weighted by atomic mass is 10.1. The molecule has 1 N–H and O–H groups in total. The Bertz CT molecular complexity index is 1320. The van der Waals surface area contributed by atoms with Crippen LogP contribution in [-0.2, 0) is 13.2 Å². The number of nitrogens with one attached hydrogen (secondary N) is 1. The third kappa shape index (κ3) is 5.59. The molecular formula is C26H24ClN3O3. The zero-order valence-electron chi connectivity index (χ0n) is 18.3. The minimum absolute atomic E-state index is 0.157. The fraction of sp³-hybridized carbons (Fsp3) is 0.192. The molecule has 3 aromatic carbocycles. The van der Waals surface area contributed by atoms with Crippen LogP contribution in [0.4, 0.5) is 0 Å². The van der Waals surface area contributed by atoms with Crippen LogP contribution in [-0.4, -0.2) is 27.3 Å². The van der Waals surface area contributed by atoms with Gasteiger partial charge in [-0.1, -0.05) is 54.9 Å².